The molecule has 5 heteroatoms. The van der Waals surface area contributed by atoms with Gasteiger partial charge in [0, 0.05) is 29.7 Å². The van der Waals surface area contributed by atoms with Crippen LogP contribution in [0.4, 0.5) is 0 Å². The monoisotopic (exact) mass is 256 g/mol. The third-order valence-electron chi connectivity index (χ3n) is 2.57. The minimum Gasteiger partial charge on any atom is -0.277 e. The average Bonchev–Trinajstić information content (AvgIpc) is 2.90. The summed E-state index contributed by atoms with van der Waals surface area (Å²) in [7, 11) is 0. The van der Waals surface area contributed by atoms with Crippen molar-refractivity contribution < 1.29 is 0 Å². The van der Waals surface area contributed by atoms with Crippen LogP contribution in [0.3, 0.4) is 0 Å². The van der Waals surface area contributed by atoms with Crippen LogP contribution in [0, 0.1) is 0 Å². The molecule has 3 aromatic rings. The fraction of sp³-hybridized carbons (Fsp3) is 0. The minimum atomic E-state index is 0.478. The molecule has 0 atom stereocenters. The van der Waals surface area contributed by atoms with Gasteiger partial charge >= 0.3 is 0 Å². The number of rotatable bonds is 2. The van der Waals surface area contributed by atoms with Crippen LogP contribution in [0.15, 0.2) is 48.9 Å². The zero-order valence-electron chi connectivity index (χ0n) is 9.34. The molecule has 0 radical (unpaired) electrons. The number of hydrogen-bond donors (Lipinski definition) is 1. The van der Waals surface area contributed by atoms with Crippen LogP contribution in [0.2, 0.25) is 5.15 Å². The lowest BCUT2D eigenvalue weighted by Crippen LogP contribution is -1.80. The molecule has 4 nitrogen and oxygen atoms in total. The molecule has 0 aliphatic carbocycles. The second-order valence-corrected chi connectivity index (χ2v) is 4.17. The standard InChI is InChI=1S/C13H9ClN4/c14-13-4-3-10(8-16-13)12-6-11(17-18-12)9-2-1-5-15-7-9/h1-8H,(H,17,18). The first-order chi connectivity index (χ1) is 8.83. The molecular weight excluding hydrogens is 248 g/mol. The maximum atomic E-state index is 5.76. The summed E-state index contributed by atoms with van der Waals surface area (Å²) in [6.07, 6.45) is 5.23. The Labute approximate surface area is 109 Å². The van der Waals surface area contributed by atoms with Crippen LogP contribution in [-0.4, -0.2) is 20.2 Å². The van der Waals surface area contributed by atoms with Crippen molar-refractivity contribution in [2.24, 2.45) is 0 Å². The van der Waals surface area contributed by atoms with Crippen LogP contribution in [0.5, 0.6) is 0 Å². The van der Waals surface area contributed by atoms with E-state index in [1.165, 1.54) is 0 Å². The topological polar surface area (TPSA) is 54.5 Å². The number of nitrogens with zero attached hydrogens (tertiary/aromatic N) is 3. The maximum Gasteiger partial charge on any atom is 0.129 e. The Hall–Kier alpha value is -2.20. The Morgan fingerprint density at radius 1 is 1.06 bits per heavy atom. The van der Waals surface area contributed by atoms with Crippen molar-refractivity contribution in [3.05, 3.63) is 54.1 Å². The van der Waals surface area contributed by atoms with E-state index in [0.717, 1.165) is 22.5 Å². The molecule has 0 aliphatic rings. The Morgan fingerprint density at radius 2 is 2.00 bits per heavy atom. The van der Waals surface area contributed by atoms with E-state index in [-0.39, 0.29) is 0 Å². The summed E-state index contributed by atoms with van der Waals surface area (Å²) >= 11 is 5.76. The van der Waals surface area contributed by atoms with Crippen LogP contribution in [0.1, 0.15) is 0 Å². The Bertz CT molecular complexity index is 646. The quantitative estimate of drug-likeness (QED) is 0.717. The fourth-order valence-electron chi connectivity index (χ4n) is 1.67. The first kappa shape index (κ1) is 10.9. The third kappa shape index (κ3) is 2.10. The number of aromatic amines is 1. The van der Waals surface area contributed by atoms with E-state index in [0.29, 0.717) is 5.15 Å². The molecule has 1 N–H and O–H groups in total. The minimum absolute atomic E-state index is 0.478. The summed E-state index contributed by atoms with van der Waals surface area (Å²) < 4.78 is 0. The van der Waals surface area contributed by atoms with Gasteiger partial charge in [-0.25, -0.2) is 4.98 Å². The van der Waals surface area contributed by atoms with E-state index in [2.05, 4.69) is 20.2 Å². The molecule has 88 valence electrons. The molecule has 3 heterocycles. The van der Waals surface area contributed by atoms with Crippen molar-refractivity contribution >= 4 is 11.6 Å². The summed E-state index contributed by atoms with van der Waals surface area (Å²) in [4.78, 5) is 8.11. The molecule has 3 aromatic heterocycles. The molecule has 0 saturated heterocycles. The van der Waals surface area contributed by atoms with Gasteiger partial charge in [-0.1, -0.05) is 11.6 Å². The lowest BCUT2D eigenvalue weighted by atomic mass is 10.1. The highest BCUT2D eigenvalue weighted by Crippen LogP contribution is 2.23. The van der Waals surface area contributed by atoms with Crippen LogP contribution < -0.4 is 0 Å². The SMILES string of the molecule is Clc1ccc(-c2cc(-c3cccnc3)n[nH]2)cn1. The molecule has 0 saturated carbocycles. The largest absolute Gasteiger partial charge is 0.277 e. The predicted molar refractivity (Wildman–Crippen MR) is 70.1 cm³/mol. The van der Waals surface area contributed by atoms with Gasteiger partial charge in [-0.2, -0.15) is 5.10 Å². The van der Waals surface area contributed by atoms with Crippen LogP contribution in [-0.2, 0) is 0 Å². The summed E-state index contributed by atoms with van der Waals surface area (Å²) in [5.74, 6) is 0. The van der Waals surface area contributed by atoms with E-state index < -0.39 is 0 Å². The predicted octanol–water partition coefficient (Wildman–Crippen LogP) is 3.19. The molecule has 0 spiro atoms. The summed E-state index contributed by atoms with van der Waals surface area (Å²) in [6, 6.07) is 9.46. The Kier molecular flexibility index (Phi) is 2.78. The molecular formula is C13H9ClN4. The van der Waals surface area contributed by atoms with Gasteiger partial charge < -0.3 is 0 Å². The average molecular weight is 257 g/mol. The summed E-state index contributed by atoms with van der Waals surface area (Å²) in [5.41, 5.74) is 3.68. The molecule has 18 heavy (non-hydrogen) atoms. The fourth-order valence-corrected chi connectivity index (χ4v) is 1.78. The van der Waals surface area contributed by atoms with Crippen molar-refractivity contribution in [2.45, 2.75) is 0 Å². The van der Waals surface area contributed by atoms with E-state index in [4.69, 9.17) is 11.6 Å². The number of hydrogen-bond acceptors (Lipinski definition) is 3. The molecule has 0 aliphatic heterocycles. The van der Waals surface area contributed by atoms with Crippen molar-refractivity contribution in [3.8, 4) is 22.5 Å². The zero-order valence-corrected chi connectivity index (χ0v) is 10.1. The van der Waals surface area contributed by atoms with Gasteiger partial charge in [0.1, 0.15) is 5.15 Å². The Balaban J connectivity index is 1.97. The van der Waals surface area contributed by atoms with Crippen LogP contribution >= 0.6 is 11.6 Å². The zero-order chi connectivity index (χ0) is 12.4. The smallest absolute Gasteiger partial charge is 0.129 e. The van der Waals surface area contributed by atoms with Crippen LogP contribution in [0.25, 0.3) is 22.5 Å². The lowest BCUT2D eigenvalue weighted by Gasteiger charge is -1.95. The molecule has 0 amide bonds. The number of aromatic nitrogens is 4. The van der Waals surface area contributed by atoms with E-state index >= 15 is 0 Å². The number of pyridine rings is 2. The number of halogens is 1. The molecule has 0 unspecified atom stereocenters. The van der Waals surface area contributed by atoms with Crippen molar-refractivity contribution in [1.82, 2.24) is 20.2 Å². The van der Waals surface area contributed by atoms with E-state index in [9.17, 15) is 0 Å². The van der Waals surface area contributed by atoms with E-state index in [1.54, 1.807) is 24.7 Å². The first-order valence-electron chi connectivity index (χ1n) is 5.41. The normalized spacial score (nSPS) is 10.5. The molecule has 0 fully saturated rings. The van der Waals surface area contributed by atoms with Gasteiger partial charge in [0.25, 0.3) is 0 Å². The highest BCUT2D eigenvalue weighted by Gasteiger charge is 2.05. The van der Waals surface area contributed by atoms with Gasteiger partial charge in [-0.3, -0.25) is 10.1 Å². The lowest BCUT2D eigenvalue weighted by molar-refractivity contribution is 1.09. The first-order valence-corrected chi connectivity index (χ1v) is 5.78. The van der Waals surface area contributed by atoms with Gasteiger partial charge in [-0.15, -0.1) is 0 Å². The number of nitrogens with one attached hydrogen (secondary N) is 1. The second-order valence-electron chi connectivity index (χ2n) is 3.78. The van der Waals surface area contributed by atoms with Gasteiger partial charge in [0.2, 0.25) is 0 Å². The van der Waals surface area contributed by atoms with Gasteiger partial charge in [0.15, 0.2) is 0 Å². The van der Waals surface area contributed by atoms with Crippen molar-refractivity contribution in [1.29, 1.82) is 0 Å². The maximum absolute atomic E-state index is 5.76. The third-order valence-corrected chi connectivity index (χ3v) is 2.80. The highest BCUT2D eigenvalue weighted by atomic mass is 35.5. The van der Waals surface area contributed by atoms with E-state index in [1.807, 2.05) is 24.3 Å². The summed E-state index contributed by atoms with van der Waals surface area (Å²) in [6.45, 7) is 0. The second kappa shape index (κ2) is 4.58. The van der Waals surface area contributed by atoms with Gasteiger partial charge in [-0.05, 0) is 30.3 Å². The van der Waals surface area contributed by atoms with Crippen molar-refractivity contribution in [3.63, 3.8) is 0 Å². The number of H-pyrrole nitrogens is 1. The summed E-state index contributed by atoms with van der Waals surface area (Å²) in [5, 5.41) is 7.72. The molecule has 0 bridgehead atoms. The van der Waals surface area contributed by atoms with Crippen molar-refractivity contribution in [2.75, 3.05) is 0 Å². The van der Waals surface area contributed by atoms with Gasteiger partial charge in [0.05, 0.1) is 11.4 Å². The molecule has 3 rings (SSSR count). The molecule has 0 aromatic carbocycles. The Morgan fingerprint density at radius 3 is 2.72 bits per heavy atom. The highest BCUT2D eigenvalue weighted by molar-refractivity contribution is 6.29.